The molecule has 21 fully saturated rings. The van der Waals surface area contributed by atoms with Crippen LogP contribution in [0.5, 0.6) is 0 Å². The van der Waals surface area contributed by atoms with E-state index >= 15 is 0 Å². The molecule has 21 aliphatic heterocycles. The van der Waals surface area contributed by atoms with Crippen LogP contribution in [0.1, 0.15) is 12.8 Å². The zero-order valence-corrected chi connectivity index (χ0v) is 43.9. The van der Waals surface area contributed by atoms with Gasteiger partial charge in [0.15, 0.2) is 44.0 Å². The van der Waals surface area contributed by atoms with Crippen molar-refractivity contribution in [3.05, 3.63) is 0 Å². The third kappa shape index (κ3) is 14.0. The lowest BCUT2D eigenvalue weighted by Gasteiger charge is -2.50. The number of hydrogen-bond donors (Lipinski definition) is 21. The van der Waals surface area contributed by atoms with Crippen molar-refractivity contribution in [1.29, 1.82) is 0 Å². The third-order valence-corrected chi connectivity index (χ3v) is 15.6. The quantitative estimate of drug-likeness (QED) is 0.0854. The predicted molar refractivity (Wildman–Crippen MR) is 249 cm³/mol. The average Bonchev–Trinajstić information content (AvgIpc) is 2.86. The Hall–Kier alpha value is -2.42. The van der Waals surface area contributed by atoms with Gasteiger partial charge in [0.2, 0.25) is 0 Å². The number of rotatable bonds is 11. The lowest BCUT2D eigenvalue weighted by atomic mass is 9.95. The van der Waals surface area contributed by atoms with E-state index in [9.17, 15) is 112 Å². The van der Waals surface area contributed by atoms with E-state index in [4.69, 9.17) is 76.2 Å². The average molecular weight is 1240 g/mol. The summed E-state index contributed by atoms with van der Waals surface area (Å²) >= 11 is 0. The second kappa shape index (κ2) is 29.0. The van der Waals surface area contributed by atoms with Gasteiger partial charge in [-0.05, 0) is 0 Å². The fourth-order valence-corrected chi connectivity index (χ4v) is 10.9. The van der Waals surface area contributed by atoms with Gasteiger partial charge >= 0.3 is 11.9 Å². The minimum absolute atomic E-state index is 0.709. The van der Waals surface area contributed by atoms with E-state index in [0.29, 0.717) is 0 Å². The van der Waals surface area contributed by atoms with Crippen molar-refractivity contribution in [2.24, 2.45) is 0 Å². The van der Waals surface area contributed by atoms with Gasteiger partial charge in [0.25, 0.3) is 0 Å². The van der Waals surface area contributed by atoms with Gasteiger partial charge in [-0.3, -0.25) is 9.59 Å². The van der Waals surface area contributed by atoms with E-state index in [1.165, 1.54) is 0 Å². The van der Waals surface area contributed by atoms with Crippen molar-refractivity contribution in [3.8, 4) is 0 Å². The van der Waals surface area contributed by atoms with Crippen molar-refractivity contribution < 1.29 is 188 Å². The van der Waals surface area contributed by atoms with Gasteiger partial charge in [-0.25, -0.2) is 0 Å². The smallest absolute Gasteiger partial charge is 0.306 e. The topological polar surface area (TPSA) is 597 Å². The van der Waals surface area contributed by atoms with Crippen molar-refractivity contribution >= 4 is 11.9 Å². The molecular weight excluding hydrogens is 1160 g/mol. The molecule has 21 aliphatic rings. The fraction of sp³-hybridized carbons (Fsp3) is 0.957. The highest BCUT2D eigenvalue weighted by atomic mass is 16.8. The maximum absolute atomic E-state index is 12.6. The van der Waals surface area contributed by atoms with Gasteiger partial charge in [0.05, 0.1) is 52.5 Å². The van der Waals surface area contributed by atoms with E-state index in [2.05, 4.69) is 0 Å². The Balaban J connectivity index is 1.10. The molecule has 21 saturated heterocycles. The molecule has 21 heterocycles. The van der Waals surface area contributed by atoms with Crippen molar-refractivity contribution in [1.82, 2.24) is 0 Å². The summed E-state index contributed by atoms with van der Waals surface area (Å²) in [5, 5.41) is 231. The van der Waals surface area contributed by atoms with Gasteiger partial charge in [-0.2, -0.15) is 0 Å². The molecule has 84 heavy (non-hydrogen) atoms. The summed E-state index contributed by atoms with van der Waals surface area (Å²) in [6.07, 6.45) is -74.0. The molecule has 0 aromatic carbocycles. The summed E-state index contributed by atoms with van der Waals surface area (Å²) in [5.41, 5.74) is 0. The highest BCUT2D eigenvalue weighted by Gasteiger charge is 2.59. The molecule has 0 radical (unpaired) electrons. The maximum atomic E-state index is 12.6. The molecular formula is C46H74O38. The SMILES string of the molecule is O=C(O)CCC(=O)OC[C@H]1O[C@@H]2O[C@H]3[C@H](O)[C@@H](O)[C@@H](O[C@H]4[C@@H](O)[C@@H](O)[C@@H](O[C@H]5[C@H](O)[C@@H](O)[C@@H](O[C@H]6[C@H](O)[C@@H](O)[C@@H](O[C@H]7[C@H](O)[C@@H](O)[C@@H](O[C@H]8[C@H](O)[C@@H](O)[C@@H](O[C@H]1[C@H](O)[C@H]2O)O[C@@H]8CO)O[C@@H]7CO)O[C@@H]6CO)O[C@@H]5CO)O[C@@H]4CO)O[C@@H]3CO. The van der Waals surface area contributed by atoms with Gasteiger partial charge < -0.3 is 178 Å². The normalized spacial score (nSPS) is 51.6. The first-order valence-corrected chi connectivity index (χ1v) is 26.6. The summed E-state index contributed by atoms with van der Waals surface area (Å²) < 4.78 is 85.2. The molecule has 0 aromatic heterocycles. The molecule has 38 heteroatoms. The molecule has 21 rings (SSSR count). The van der Waals surface area contributed by atoms with Crippen molar-refractivity contribution in [2.45, 2.75) is 228 Å². The third-order valence-electron chi connectivity index (χ3n) is 15.6. The molecule has 0 unspecified atom stereocenters. The van der Waals surface area contributed by atoms with Crippen LogP contribution in [0.2, 0.25) is 0 Å². The molecule has 0 amide bonds. The Morgan fingerprint density at radius 2 is 0.440 bits per heavy atom. The monoisotopic (exact) mass is 1230 g/mol. The summed E-state index contributed by atoms with van der Waals surface area (Å²) in [6, 6.07) is 0. The first-order valence-electron chi connectivity index (χ1n) is 26.6. The van der Waals surface area contributed by atoms with E-state index in [0.717, 1.165) is 0 Å². The number of carbonyl (C=O) groups excluding carboxylic acids is 1. The zero-order valence-electron chi connectivity index (χ0n) is 43.9. The van der Waals surface area contributed by atoms with Crippen LogP contribution in [0, 0.1) is 0 Å². The van der Waals surface area contributed by atoms with Crippen LogP contribution in [0.25, 0.3) is 0 Å². The molecule has 35 atom stereocenters. The number of ether oxygens (including phenoxy) is 15. The van der Waals surface area contributed by atoms with E-state index in [1.54, 1.807) is 0 Å². The molecule has 0 aliphatic carbocycles. The molecule has 0 aromatic rings. The molecule has 0 spiro atoms. The second-order valence-electron chi connectivity index (χ2n) is 21.0. The lowest BCUT2D eigenvalue weighted by Crippen LogP contribution is -2.68. The highest BCUT2D eigenvalue weighted by Crippen LogP contribution is 2.39. The largest absolute Gasteiger partial charge is 0.481 e. The number of carboxylic acids is 1. The van der Waals surface area contributed by atoms with Crippen LogP contribution < -0.4 is 0 Å². The number of aliphatic carboxylic acids is 1. The highest BCUT2D eigenvalue weighted by molar-refractivity contribution is 5.76. The summed E-state index contributed by atoms with van der Waals surface area (Å²) in [5.74, 6) is -2.56. The van der Waals surface area contributed by atoms with Crippen LogP contribution >= 0.6 is 0 Å². The van der Waals surface area contributed by atoms with E-state index in [1.807, 2.05) is 0 Å². The number of esters is 1. The van der Waals surface area contributed by atoms with Gasteiger partial charge in [0, 0.05) is 0 Å². The first kappa shape index (κ1) is 67.5. The fourth-order valence-electron chi connectivity index (χ4n) is 10.9. The van der Waals surface area contributed by atoms with Crippen LogP contribution in [0.3, 0.4) is 0 Å². The molecule has 14 bridgehead atoms. The first-order chi connectivity index (χ1) is 39.9. The van der Waals surface area contributed by atoms with Crippen LogP contribution in [0.4, 0.5) is 0 Å². The van der Waals surface area contributed by atoms with Crippen LogP contribution in [-0.4, -0.2) is 380 Å². The standard InChI is InChI=1S/C46H74O38/c47-3-10-33-20(57)27(64)41(72-10)80-35-12(5-49)74-43(29(66)22(35)59)82-37-14(7-51)76-45(31(68)24(37)61)84-39-16(9-70-18(55)2-1-17(53)54)77-46(32(69)25(39)62)83-38-15(8-52)75-44(30(67)23(38)60)81-36-13(6-50)73-42(28(65)21(36)58)79-34-11(4-48)71-40(78-33)26(63)19(34)56/h10-16,19-52,56-69H,1-9H2,(H,53,54)/t10-,11-,12-,13-,14-,15-,16-,19-,20-,21+,22-,23-,24-,25-,26-,27-,28-,29-,30-,31-,32-,33-,34-,35-,36-,37-,38-,39-,40-,41-,42-,43-,44-,45-,46-/m1/s1. The molecule has 486 valence electrons. The van der Waals surface area contributed by atoms with Gasteiger partial charge in [0.1, 0.15) is 178 Å². The lowest BCUT2D eigenvalue weighted by molar-refractivity contribution is -0.396. The summed E-state index contributed by atoms with van der Waals surface area (Å²) in [6.45, 7) is -7.53. The summed E-state index contributed by atoms with van der Waals surface area (Å²) in [7, 11) is 0. The molecule has 21 N–H and O–H groups in total. The van der Waals surface area contributed by atoms with Gasteiger partial charge in [-0.1, -0.05) is 0 Å². The minimum atomic E-state index is -2.33. The van der Waals surface area contributed by atoms with Crippen LogP contribution in [-0.2, 0) is 80.6 Å². The maximum Gasteiger partial charge on any atom is 0.306 e. The summed E-state index contributed by atoms with van der Waals surface area (Å²) in [4.78, 5) is 23.8. The Labute approximate surface area is 473 Å². The molecule has 0 saturated carbocycles. The Bertz CT molecular complexity index is 2070. The number of hydrogen-bond acceptors (Lipinski definition) is 37. The number of aliphatic hydroxyl groups excluding tert-OH is 20. The predicted octanol–water partition coefficient (Wildman–Crippen LogP) is -14.8. The van der Waals surface area contributed by atoms with Crippen molar-refractivity contribution in [2.75, 3.05) is 46.2 Å². The number of carbonyl (C=O) groups is 2. The Kier molecular flexibility index (Phi) is 23.3. The number of carboxylic acid groups (broad SMARTS) is 1. The van der Waals surface area contributed by atoms with E-state index < -0.39 is 286 Å². The van der Waals surface area contributed by atoms with Crippen LogP contribution in [0.15, 0.2) is 0 Å². The van der Waals surface area contributed by atoms with E-state index in [-0.39, 0.29) is 0 Å². The second-order valence-corrected chi connectivity index (χ2v) is 21.0. The number of aliphatic hydroxyl groups is 20. The Morgan fingerprint density at radius 3 is 0.619 bits per heavy atom. The molecule has 38 nitrogen and oxygen atoms in total. The minimum Gasteiger partial charge on any atom is -0.481 e. The zero-order chi connectivity index (χ0) is 61.3. The van der Waals surface area contributed by atoms with Gasteiger partial charge in [-0.15, -0.1) is 0 Å². The Morgan fingerprint density at radius 1 is 0.262 bits per heavy atom. The van der Waals surface area contributed by atoms with Crippen molar-refractivity contribution in [3.63, 3.8) is 0 Å².